The zero-order valence-corrected chi connectivity index (χ0v) is 16.7. The number of piperazine rings is 1. The van der Waals surface area contributed by atoms with E-state index in [0.29, 0.717) is 43.9 Å². The number of carbonyl (C=O) groups is 1. The Morgan fingerprint density at radius 1 is 0.926 bits per heavy atom. The summed E-state index contributed by atoms with van der Waals surface area (Å²) in [5, 5.41) is 0. The number of aryl methyl sites for hydroxylation is 3. The standard InChI is InChI=1S/C21H26N2O3S/c1-17-8-9-19(16-18(17)2)10-11-21(24)22-12-14-23(15-13-22)27(25,26)20-6-4-3-5-7-20/h3-9,16H,10-15H2,1-2H3. The highest BCUT2D eigenvalue weighted by Crippen LogP contribution is 2.18. The van der Waals surface area contributed by atoms with Crippen LogP contribution in [0.5, 0.6) is 0 Å². The molecule has 0 atom stereocenters. The lowest BCUT2D eigenvalue weighted by molar-refractivity contribution is -0.132. The second-order valence-electron chi connectivity index (χ2n) is 7.02. The molecular weight excluding hydrogens is 360 g/mol. The summed E-state index contributed by atoms with van der Waals surface area (Å²) in [5.74, 6) is 0.0880. The lowest BCUT2D eigenvalue weighted by Gasteiger charge is -2.34. The van der Waals surface area contributed by atoms with Gasteiger partial charge in [0.1, 0.15) is 0 Å². The Kier molecular flexibility index (Phi) is 5.97. The Morgan fingerprint density at radius 3 is 2.22 bits per heavy atom. The second-order valence-corrected chi connectivity index (χ2v) is 8.95. The average Bonchev–Trinajstić information content (AvgIpc) is 2.69. The van der Waals surface area contributed by atoms with Crippen molar-refractivity contribution in [2.24, 2.45) is 0 Å². The lowest BCUT2D eigenvalue weighted by atomic mass is 10.0. The van der Waals surface area contributed by atoms with Crippen LogP contribution in [0.1, 0.15) is 23.1 Å². The predicted molar refractivity (Wildman–Crippen MR) is 106 cm³/mol. The summed E-state index contributed by atoms with van der Waals surface area (Å²) < 4.78 is 26.8. The minimum absolute atomic E-state index is 0.0880. The molecule has 2 aromatic rings. The maximum atomic E-state index is 12.7. The predicted octanol–water partition coefficient (Wildman–Crippen LogP) is 2.77. The first kappa shape index (κ1) is 19.6. The molecule has 3 rings (SSSR count). The van der Waals surface area contributed by atoms with Crippen molar-refractivity contribution in [3.8, 4) is 0 Å². The number of sulfonamides is 1. The summed E-state index contributed by atoms with van der Waals surface area (Å²) in [6.45, 7) is 5.72. The van der Waals surface area contributed by atoms with Crippen molar-refractivity contribution in [3.05, 3.63) is 65.2 Å². The van der Waals surface area contributed by atoms with Gasteiger partial charge in [0, 0.05) is 32.6 Å². The van der Waals surface area contributed by atoms with Crippen LogP contribution in [0.2, 0.25) is 0 Å². The van der Waals surface area contributed by atoms with Crippen LogP contribution in [0.3, 0.4) is 0 Å². The van der Waals surface area contributed by atoms with E-state index in [-0.39, 0.29) is 5.91 Å². The maximum Gasteiger partial charge on any atom is 0.243 e. The van der Waals surface area contributed by atoms with Crippen molar-refractivity contribution in [1.29, 1.82) is 0 Å². The number of hydrogen-bond acceptors (Lipinski definition) is 3. The molecule has 0 unspecified atom stereocenters. The van der Waals surface area contributed by atoms with Crippen molar-refractivity contribution in [2.75, 3.05) is 26.2 Å². The summed E-state index contributed by atoms with van der Waals surface area (Å²) in [4.78, 5) is 14.6. The fraction of sp³-hybridized carbons (Fsp3) is 0.381. The van der Waals surface area contributed by atoms with Crippen LogP contribution in [-0.2, 0) is 21.2 Å². The molecule has 0 radical (unpaired) electrons. The monoisotopic (exact) mass is 386 g/mol. The van der Waals surface area contributed by atoms with E-state index < -0.39 is 10.0 Å². The van der Waals surface area contributed by atoms with Crippen molar-refractivity contribution in [2.45, 2.75) is 31.6 Å². The highest BCUT2D eigenvalue weighted by atomic mass is 32.2. The Hall–Kier alpha value is -2.18. The van der Waals surface area contributed by atoms with Gasteiger partial charge in [-0.25, -0.2) is 8.42 Å². The van der Waals surface area contributed by atoms with Crippen LogP contribution in [-0.4, -0.2) is 49.7 Å². The normalized spacial score (nSPS) is 15.7. The molecule has 1 aliphatic heterocycles. The van der Waals surface area contributed by atoms with E-state index >= 15 is 0 Å². The van der Waals surface area contributed by atoms with Gasteiger partial charge in [0.25, 0.3) is 0 Å². The van der Waals surface area contributed by atoms with Gasteiger partial charge in [0.05, 0.1) is 4.90 Å². The zero-order chi connectivity index (χ0) is 19.4. The number of hydrogen-bond donors (Lipinski definition) is 0. The van der Waals surface area contributed by atoms with Crippen LogP contribution < -0.4 is 0 Å². The SMILES string of the molecule is Cc1ccc(CCC(=O)N2CCN(S(=O)(=O)c3ccccc3)CC2)cc1C. The van der Waals surface area contributed by atoms with Gasteiger partial charge in [-0.2, -0.15) is 4.31 Å². The Bertz CT molecular complexity index is 902. The van der Waals surface area contributed by atoms with Crippen LogP contribution in [0.15, 0.2) is 53.4 Å². The number of amides is 1. The minimum atomic E-state index is -3.48. The Balaban J connectivity index is 1.54. The lowest BCUT2D eigenvalue weighted by Crippen LogP contribution is -2.50. The maximum absolute atomic E-state index is 12.7. The molecule has 6 heteroatoms. The van der Waals surface area contributed by atoms with E-state index in [0.717, 1.165) is 5.56 Å². The van der Waals surface area contributed by atoms with Crippen LogP contribution in [0, 0.1) is 13.8 Å². The molecular formula is C21H26N2O3S. The molecule has 27 heavy (non-hydrogen) atoms. The van der Waals surface area contributed by atoms with Crippen LogP contribution >= 0.6 is 0 Å². The van der Waals surface area contributed by atoms with Crippen LogP contribution in [0.4, 0.5) is 0 Å². The van der Waals surface area contributed by atoms with E-state index in [4.69, 9.17) is 0 Å². The zero-order valence-electron chi connectivity index (χ0n) is 15.9. The van der Waals surface area contributed by atoms with Gasteiger partial charge in [-0.1, -0.05) is 36.4 Å². The highest BCUT2D eigenvalue weighted by Gasteiger charge is 2.29. The fourth-order valence-electron chi connectivity index (χ4n) is 3.29. The molecule has 2 aromatic carbocycles. The molecule has 0 spiro atoms. The van der Waals surface area contributed by atoms with E-state index in [1.54, 1.807) is 35.2 Å². The second kappa shape index (κ2) is 8.23. The summed E-state index contributed by atoms with van der Waals surface area (Å²) in [5.41, 5.74) is 3.65. The van der Waals surface area contributed by atoms with Gasteiger partial charge in [-0.05, 0) is 49.1 Å². The van der Waals surface area contributed by atoms with Gasteiger partial charge < -0.3 is 4.90 Å². The molecule has 0 bridgehead atoms. The summed E-state index contributed by atoms with van der Waals surface area (Å²) in [6.07, 6.45) is 1.16. The minimum Gasteiger partial charge on any atom is -0.340 e. The first-order valence-electron chi connectivity index (χ1n) is 9.27. The van der Waals surface area contributed by atoms with Gasteiger partial charge in [0.15, 0.2) is 0 Å². The third-order valence-electron chi connectivity index (χ3n) is 5.17. The van der Waals surface area contributed by atoms with Crippen molar-refractivity contribution in [3.63, 3.8) is 0 Å². The van der Waals surface area contributed by atoms with E-state index in [1.165, 1.54) is 15.4 Å². The summed E-state index contributed by atoms with van der Waals surface area (Å²) in [7, 11) is -3.48. The fourth-order valence-corrected chi connectivity index (χ4v) is 4.73. The first-order chi connectivity index (χ1) is 12.9. The quantitative estimate of drug-likeness (QED) is 0.794. The smallest absolute Gasteiger partial charge is 0.243 e. The van der Waals surface area contributed by atoms with Gasteiger partial charge in [-0.15, -0.1) is 0 Å². The topological polar surface area (TPSA) is 57.7 Å². The molecule has 144 valence electrons. The van der Waals surface area contributed by atoms with Crippen molar-refractivity contribution < 1.29 is 13.2 Å². The number of carbonyl (C=O) groups excluding carboxylic acids is 1. The molecule has 0 aliphatic carbocycles. The van der Waals surface area contributed by atoms with E-state index in [2.05, 4.69) is 32.0 Å². The number of nitrogens with zero attached hydrogens (tertiary/aromatic N) is 2. The van der Waals surface area contributed by atoms with Crippen molar-refractivity contribution in [1.82, 2.24) is 9.21 Å². The van der Waals surface area contributed by atoms with Crippen molar-refractivity contribution >= 4 is 15.9 Å². The molecule has 1 saturated heterocycles. The molecule has 0 aromatic heterocycles. The molecule has 0 saturated carbocycles. The largest absolute Gasteiger partial charge is 0.340 e. The number of benzene rings is 2. The molecule has 1 fully saturated rings. The van der Waals surface area contributed by atoms with Crippen LogP contribution in [0.25, 0.3) is 0 Å². The average molecular weight is 387 g/mol. The van der Waals surface area contributed by atoms with E-state index in [9.17, 15) is 13.2 Å². The third-order valence-corrected chi connectivity index (χ3v) is 7.08. The van der Waals surface area contributed by atoms with Gasteiger partial charge in [-0.3, -0.25) is 4.79 Å². The van der Waals surface area contributed by atoms with E-state index in [1.807, 2.05) is 0 Å². The highest BCUT2D eigenvalue weighted by molar-refractivity contribution is 7.89. The van der Waals surface area contributed by atoms with Gasteiger partial charge in [0.2, 0.25) is 15.9 Å². The molecule has 0 N–H and O–H groups in total. The molecule has 1 amide bonds. The molecule has 1 aliphatic rings. The summed E-state index contributed by atoms with van der Waals surface area (Å²) >= 11 is 0. The molecule has 5 nitrogen and oxygen atoms in total. The Labute approximate surface area is 161 Å². The van der Waals surface area contributed by atoms with Gasteiger partial charge >= 0.3 is 0 Å². The first-order valence-corrected chi connectivity index (χ1v) is 10.7. The third kappa shape index (κ3) is 4.57. The number of rotatable bonds is 5. The summed E-state index contributed by atoms with van der Waals surface area (Å²) in [6, 6.07) is 14.7. The molecule has 1 heterocycles. The Morgan fingerprint density at radius 2 is 1.59 bits per heavy atom.